The lowest BCUT2D eigenvalue weighted by atomic mass is 9.89. The molecule has 0 bridgehead atoms. The molecule has 3 aromatic rings. The Bertz CT molecular complexity index is 1470. The van der Waals surface area contributed by atoms with Crippen LogP contribution in [0.2, 0.25) is 10.0 Å². The molecule has 0 N–H and O–H groups in total. The Morgan fingerprint density at radius 3 is 2.48 bits per heavy atom. The second kappa shape index (κ2) is 11.2. The van der Waals surface area contributed by atoms with Crippen LogP contribution in [0, 0.1) is 12.8 Å². The smallest absolute Gasteiger partial charge is 0.416 e. The van der Waals surface area contributed by atoms with Gasteiger partial charge in [-0.05, 0) is 61.7 Å². The van der Waals surface area contributed by atoms with Gasteiger partial charge in [-0.1, -0.05) is 23.2 Å². The monoisotopic (exact) mass is 604 g/mol. The number of nitrogens with zero attached hydrogens (tertiary/aromatic N) is 2. The number of fused-ring (bicyclic) bond motifs is 1. The van der Waals surface area contributed by atoms with E-state index in [4.69, 9.17) is 27.9 Å². The highest BCUT2D eigenvalue weighted by molar-refractivity contribution is 6.38. The molecule has 0 saturated carbocycles. The Morgan fingerprint density at radius 1 is 1.15 bits per heavy atom. The van der Waals surface area contributed by atoms with E-state index in [1.165, 1.54) is 12.1 Å². The van der Waals surface area contributed by atoms with Crippen LogP contribution < -0.4 is 0 Å². The van der Waals surface area contributed by atoms with E-state index in [0.717, 1.165) is 17.0 Å². The topological polar surface area (TPSA) is 51.5 Å². The number of rotatable bonds is 6. The maximum Gasteiger partial charge on any atom is 0.416 e. The van der Waals surface area contributed by atoms with Gasteiger partial charge >= 0.3 is 12.1 Å². The first-order chi connectivity index (χ1) is 18.6. The van der Waals surface area contributed by atoms with Crippen LogP contribution in [0.25, 0.3) is 10.9 Å². The molecular formula is C28H27Cl2F5N2O3. The number of alkyl halides is 5. The maximum absolute atomic E-state index is 14.9. The third-order valence-corrected chi connectivity index (χ3v) is 8.11. The molecule has 0 spiro atoms. The first-order valence-corrected chi connectivity index (χ1v) is 13.3. The van der Waals surface area contributed by atoms with Crippen LogP contribution in [0.1, 0.15) is 52.5 Å². The average molecular weight is 605 g/mol. The zero-order valence-corrected chi connectivity index (χ0v) is 23.5. The summed E-state index contributed by atoms with van der Waals surface area (Å²) in [5.41, 5.74) is 0.969. The van der Waals surface area contributed by atoms with E-state index in [-0.39, 0.29) is 41.6 Å². The summed E-state index contributed by atoms with van der Waals surface area (Å²) in [6.45, 7) is 2.38. The van der Waals surface area contributed by atoms with Gasteiger partial charge < -0.3 is 14.2 Å². The Hall–Kier alpha value is -2.85. The van der Waals surface area contributed by atoms with Crippen LogP contribution >= 0.6 is 23.2 Å². The lowest BCUT2D eigenvalue weighted by molar-refractivity contribution is -0.153. The zero-order chi connectivity index (χ0) is 29.6. The number of aromatic nitrogens is 1. The highest BCUT2D eigenvalue weighted by Crippen LogP contribution is 2.39. The molecule has 1 aromatic heterocycles. The third-order valence-electron chi connectivity index (χ3n) is 7.32. The normalized spacial score (nSPS) is 17.4. The second-order valence-electron chi connectivity index (χ2n) is 9.97. The van der Waals surface area contributed by atoms with Crippen molar-refractivity contribution in [3.05, 3.63) is 68.3 Å². The van der Waals surface area contributed by atoms with Gasteiger partial charge in [0.1, 0.15) is 0 Å². The number of carbonyl (C=O) groups excluding carboxylic acids is 2. The van der Waals surface area contributed by atoms with E-state index in [1.54, 1.807) is 31.5 Å². The Morgan fingerprint density at radius 2 is 1.85 bits per heavy atom. The fourth-order valence-electron chi connectivity index (χ4n) is 5.10. The molecule has 1 atom stereocenters. The van der Waals surface area contributed by atoms with Crippen molar-refractivity contribution in [1.29, 1.82) is 0 Å². The van der Waals surface area contributed by atoms with Crippen molar-refractivity contribution in [1.82, 2.24) is 9.47 Å². The van der Waals surface area contributed by atoms with E-state index in [2.05, 4.69) is 0 Å². The molecule has 5 nitrogen and oxygen atoms in total. The van der Waals surface area contributed by atoms with Crippen LogP contribution in [0.15, 0.2) is 30.3 Å². The van der Waals surface area contributed by atoms with Gasteiger partial charge in [-0.15, -0.1) is 0 Å². The molecule has 1 saturated heterocycles. The third kappa shape index (κ3) is 5.93. The molecule has 2 heterocycles. The number of amides is 1. The van der Waals surface area contributed by atoms with Gasteiger partial charge in [0.15, 0.2) is 0 Å². The maximum atomic E-state index is 14.9. The SMILES string of the molecule is CCOC(=O)CC1CCN(C(=O)c2ccc(Cl)c(Cc3cc4c(C)cc(C(F)(F)F)cc4n3C)c2Cl)CC1(F)F. The van der Waals surface area contributed by atoms with E-state index >= 15 is 0 Å². The lowest BCUT2D eigenvalue weighted by Gasteiger charge is -2.38. The number of likely N-dealkylation sites (tertiary alicyclic amines) is 1. The summed E-state index contributed by atoms with van der Waals surface area (Å²) in [7, 11) is 1.62. The molecule has 4 rings (SSSR count). The summed E-state index contributed by atoms with van der Waals surface area (Å²) in [5, 5.41) is 0.823. The number of benzene rings is 2. The van der Waals surface area contributed by atoms with Crippen LogP contribution in [-0.4, -0.2) is 47.0 Å². The molecule has 0 aliphatic carbocycles. The highest BCUT2D eigenvalue weighted by Gasteiger charge is 2.47. The number of esters is 1. The zero-order valence-electron chi connectivity index (χ0n) is 22.0. The summed E-state index contributed by atoms with van der Waals surface area (Å²) in [6, 6.07) is 6.69. The summed E-state index contributed by atoms with van der Waals surface area (Å²) in [5.74, 6) is -5.98. The molecule has 40 heavy (non-hydrogen) atoms. The second-order valence-corrected chi connectivity index (χ2v) is 10.8. The molecule has 216 valence electrons. The van der Waals surface area contributed by atoms with Gasteiger partial charge in [0.25, 0.3) is 11.8 Å². The first-order valence-electron chi connectivity index (χ1n) is 12.6. The molecule has 12 heteroatoms. The number of carbonyl (C=O) groups is 2. The molecular weight excluding hydrogens is 578 g/mol. The van der Waals surface area contributed by atoms with E-state index in [1.807, 2.05) is 0 Å². The Labute approximate surface area is 237 Å². The Balaban J connectivity index is 1.61. The fraction of sp³-hybridized carbons (Fsp3) is 0.429. The van der Waals surface area contributed by atoms with Gasteiger partial charge in [0, 0.05) is 47.6 Å². The molecule has 1 fully saturated rings. The van der Waals surface area contributed by atoms with Gasteiger partial charge in [-0.3, -0.25) is 9.59 Å². The van der Waals surface area contributed by atoms with E-state index in [9.17, 15) is 31.5 Å². The number of hydrogen-bond donors (Lipinski definition) is 0. The molecule has 0 radical (unpaired) electrons. The summed E-state index contributed by atoms with van der Waals surface area (Å²) in [4.78, 5) is 26.0. The van der Waals surface area contributed by atoms with Crippen molar-refractivity contribution in [2.75, 3.05) is 19.7 Å². The minimum Gasteiger partial charge on any atom is -0.466 e. The lowest BCUT2D eigenvalue weighted by Crippen LogP contribution is -2.51. The van der Waals surface area contributed by atoms with Crippen molar-refractivity contribution in [3.8, 4) is 0 Å². The van der Waals surface area contributed by atoms with Gasteiger partial charge in [-0.2, -0.15) is 13.2 Å². The van der Waals surface area contributed by atoms with Crippen LogP contribution in [0.3, 0.4) is 0 Å². The summed E-state index contributed by atoms with van der Waals surface area (Å²) < 4.78 is 76.3. The van der Waals surface area contributed by atoms with Crippen LogP contribution in [-0.2, 0) is 29.2 Å². The number of piperidine rings is 1. The highest BCUT2D eigenvalue weighted by atomic mass is 35.5. The average Bonchev–Trinajstić information content (AvgIpc) is 3.18. The van der Waals surface area contributed by atoms with Crippen molar-refractivity contribution in [2.24, 2.45) is 13.0 Å². The van der Waals surface area contributed by atoms with Crippen molar-refractivity contribution in [3.63, 3.8) is 0 Å². The molecule has 1 aliphatic heterocycles. The van der Waals surface area contributed by atoms with E-state index in [0.29, 0.717) is 27.7 Å². The Kier molecular flexibility index (Phi) is 8.43. The number of aryl methyl sites for hydroxylation is 2. The minimum atomic E-state index is -4.51. The quantitative estimate of drug-likeness (QED) is 0.217. The molecule has 1 unspecified atom stereocenters. The van der Waals surface area contributed by atoms with Gasteiger partial charge in [0.2, 0.25) is 0 Å². The van der Waals surface area contributed by atoms with Crippen molar-refractivity contribution in [2.45, 2.75) is 45.2 Å². The van der Waals surface area contributed by atoms with Gasteiger partial charge in [-0.25, -0.2) is 8.78 Å². The standard InChI is InChI=1S/C28H27Cl2F5N2O3/c1-4-40-24(38)11-16-7-8-37(14-27(16,31)32)26(39)19-5-6-22(29)21(25(19)30)13-18-12-20-15(2)9-17(28(33,34)35)10-23(20)36(18)3/h5-6,9-10,12,16H,4,7-8,11,13-14H2,1-3H3. The predicted octanol–water partition coefficient (Wildman–Crippen LogP) is 7.45. The predicted molar refractivity (Wildman–Crippen MR) is 142 cm³/mol. The fourth-order valence-corrected chi connectivity index (χ4v) is 5.69. The van der Waals surface area contributed by atoms with Crippen LogP contribution in [0.5, 0.6) is 0 Å². The largest absolute Gasteiger partial charge is 0.466 e. The summed E-state index contributed by atoms with van der Waals surface area (Å²) in [6.07, 6.45) is -4.95. The van der Waals surface area contributed by atoms with Crippen molar-refractivity contribution < 1.29 is 36.3 Å². The van der Waals surface area contributed by atoms with Crippen molar-refractivity contribution >= 4 is 46.0 Å². The molecule has 1 aliphatic rings. The van der Waals surface area contributed by atoms with Gasteiger partial charge in [0.05, 0.1) is 35.7 Å². The number of ether oxygens (including phenoxy) is 1. The number of hydrogen-bond acceptors (Lipinski definition) is 3. The van der Waals surface area contributed by atoms with Crippen LogP contribution in [0.4, 0.5) is 22.0 Å². The summed E-state index contributed by atoms with van der Waals surface area (Å²) >= 11 is 13.0. The molecule has 2 aromatic carbocycles. The molecule has 1 amide bonds. The number of halogens is 7. The minimum absolute atomic E-state index is 0.00318. The van der Waals surface area contributed by atoms with E-state index < -0.39 is 48.4 Å². The first kappa shape index (κ1) is 30.1.